The molecule has 0 saturated carbocycles. The Balaban J connectivity index is 1.82. The minimum atomic E-state index is -0.215. The van der Waals surface area contributed by atoms with Crippen LogP contribution in [0, 0.1) is 5.92 Å². The predicted molar refractivity (Wildman–Crippen MR) is 86.6 cm³/mol. The summed E-state index contributed by atoms with van der Waals surface area (Å²) in [5.41, 5.74) is 1.14. The number of rotatable bonds is 6. The van der Waals surface area contributed by atoms with E-state index in [-0.39, 0.29) is 12.1 Å². The summed E-state index contributed by atoms with van der Waals surface area (Å²) in [5.74, 6) is 2.11. The van der Waals surface area contributed by atoms with Crippen molar-refractivity contribution in [2.24, 2.45) is 5.92 Å². The van der Waals surface area contributed by atoms with Gasteiger partial charge in [-0.25, -0.2) is 0 Å². The van der Waals surface area contributed by atoms with Crippen LogP contribution in [0.15, 0.2) is 18.2 Å². The lowest BCUT2D eigenvalue weighted by Crippen LogP contribution is -2.58. The maximum atomic E-state index is 10.6. The van der Waals surface area contributed by atoms with E-state index in [9.17, 15) is 5.11 Å². The Morgan fingerprint density at radius 3 is 2.68 bits per heavy atom. The molecule has 2 unspecified atom stereocenters. The van der Waals surface area contributed by atoms with Crippen molar-refractivity contribution in [2.75, 3.05) is 26.8 Å². The van der Waals surface area contributed by atoms with Crippen molar-refractivity contribution in [2.45, 2.75) is 44.8 Å². The van der Waals surface area contributed by atoms with E-state index in [2.05, 4.69) is 17.9 Å². The van der Waals surface area contributed by atoms with Crippen molar-refractivity contribution in [3.63, 3.8) is 0 Å². The van der Waals surface area contributed by atoms with Gasteiger partial charge in [0.25, 0.3) is 0 Å². The average Bonchev–Trinajstić information content (AvgIpc) is 2.57. The summed E-state index contributed by atoms with van der Waals surface area (Å²) in [6, 6.07) is 6.26. The Hall–Kier alpha value is -1.26. The highest BCUT2D eigenvalue weighted by molar-refractivity contribution is 5.47. The smallest absolute Gasteiger partial charge is 0.164 e. The summed E-state index contributed by atoms with van der Waals surface area (Å²) < 4.78 is 11.4. The SMILES string of the molecule is CCCOc1c(CC2C(O)C3CCN2CC3)cccc1OC. The molecule has 4 nitrogen and oxygen atoms in total. The summed E-state index contributed by atoms with van der Waals surface area (Å²) in [6.45, 7) is 5.01. The maximum Gasteiger partial charge on any atom is 0.164 e. The third-order valence-corrected chi connectivity index (χ3v) is 5.08. The van der Waals surface area contributed by atoms with Crippen LogP contribution >= 0.6 is 0 Å². The highest BCUT2D eigenvalue weighted by atomic mass is 16.5. The minimum absolute atomic E-state index is 0.212. The minimum Gasteiger partial charge on any atom is -0.493 e. The molecule has 1 N–H and O–H groups in total. The number of para-hydroxylation sites is 1. The zero-order valence-corrected chi connectivity index (χ0v) is 13.6. The van der Waals surface area contributed by atoms with E-state index in [4.69, 9.17) is 9.47 Å². The molecule has 3 aliphatic heterocycles. The first kappa shape index (κ1) is 15.6. The number of nitrogens with zero attached hydrogens (tertiary/aromatic N) is 1. The van der Waals surface area contributed by atoms with Crippen molar-refractivity contribution in [1.29, 1.82) is 0 Å². The highest BCUT2D eigenvalue weighted by Gasteiger charge is 2.41. The highest BCUT2D eigenvalue weighted by Crippen LogP contribution is 2.37. The number of fused-ring (bicyclic) bond motifs is 3. The largest absolute Gasteiger partial charge is 0.493 e. The van der Waals surface area contributed by atoms with E-state index in [1.54, 1.807) is 7.11 Å². The van der Waals surface area contributed by atoms with Gasteiger partial charge >= 0.3 is 0 Å². The lowest BCUT2D eigenvalue weighted by Gasteiger charge is -2.49. The maximum absolute atomic E-state index is 10.6. The first-order chi connectivity index (χ1) is 10.7. The van der Waals surface area contributed by atoms with E-state index < -0.39 is 0 Å². The van der Waals surface area contributed by atoms with E-state index in [0.717, 1.165) is 55.8 Å². The number of hydrogen-bond donors (Lipinski definition) is 1. The Bertz CT molecular complexity index is 495. The Labute approximate surface area is 133 Å². The van der Waals surface area contributed by atoms with Gasteiger partial charge in [0, 0.05) is 6.04 Å². The number of hydrogen-bond acceptors (Lipinski definition) is 4. The van der Waals surface area contributed by atoms with Crippen molar-refractivity contribution >= 4 is 0 Å². The van der Waals surface area contributed by atoms with Crippen molar-refractivity contribution in [3.8, 4) is 11.5 Å². The molecule has 3 fully saturated rings. The molecule has 2 atom stereocenters. The van der Waals surface area contributed by atoms with Gasteiger partial charge in [0.05, 0.1) is 19.8 Å². The third kappa shape index (κ3) is 2.95. The zero-order chi connectivity index (χ0) is 15.5. The van der Waals surface area contributed by atoms with Gasteiger partial charge in [-0.1, -0.05) is 19.1 Å². The van der Waals surface area contributed by atoms with Gasteiger partial charge in [-0.3, -0.25) is 4.90 Å². The molecule has 1 aromatic carbocycles. The molecule has 0 aliphatic carbocycles. The predicted octanol–water partition coefficient (Wildman–Crippen LogP) is 2.48. The average molecular weight is 305 g/mol. The van der Waals surface area contributed by atoms with Crippen molar-refractivity contribution in [1.82, 2.24) is 4.90 Å². The number of aliphatic hydroxyl groups is 1. The van der Waals surface area contributed by atoms with Gasteiger partial charge < -0.3 is 14.6 Å². The molecule has 1 aromatic rings. The lowest BCUT2D eigenvalue weighted by atomic mass is 9.78. The van der Waals surface area contributed by atoms with Gasteiger partial charge in [0.2, 0.25) is 0 Å². The van der Waals surface area contributed by atoms with Crippen LogP contribution in [0.25, 0.3) is 0 Å². The summed E-state index contributed by atoms with van der Waals surface area (Å²) in [6.07, 6.45) is 3.85. The second-order valence-corrected chi connectivity index (χ2v) is 6.43. The summed E-state index contributed by atoms with van der Waals surface area (Å²) >= 11 is 0. The van der Waals surface area contributed by atoms with Gasteiger partial charge in [-0.2, -0.15) is 0 Å². The number of ether oxygens (including phenoxy) is 2. The fourth-order valence-electron chi connectivity index (χ4n) is 3.85. The summed E-state index contributed by atoms with van der Waals surface area (Å²) in [4.78, 5) is 2.44. The van der Waals surface area contributed by atoms with Gasteiger partial charge in [-0.15, -0.1) is 0 Å². The fraction of sp³-hybridized carbons (Fsp3) is 0.667. The number of methoxy groups -OCH3 is 1. The van der Waals surface area contributed by atoms with Crippen LogP contribution in [0.5, 0.6) is 11.5 Å². The molecule has 0 radical (unpaired) electrons. The molecular formula is C18H27NO3. The summed E-state index contributed by atoms with van der Waals surface area (Å²) in [5, 5.41) is 10.6. The van der Waals surface area contributed by atoms with Crippen LogP contribution in [0.1, 0.15) is 31.7 Å². The number of benzene rings is 1. The molecule has 0 spiro atoms. The second kappa shape index (κ2) is 6.88. The molecule has 0 aromatic heterocycles. The van der Waals surface area contributed by atoms with Crippen LogP contribution in [0.2, 0.25) is 0 Å². The Morgan fingerprint density at radius 1 is 1.27 bits per heavy atom. The van der Waals surface area contributed by atoms with Crippen molar-refractivity contribution < 1.29 is 14.6 Å². The van der Waals surface area contributed by atoms with E-state index >= 15 is 0 Å². The van der Waals surface area contributed by atoms with Crippen LogP contribution in [0.3, 0.4) is 0 Å². The molecule has 22 heavy (non-hydrogen) atoms. The molecule has 2 bridgehead atoms. The quantitative estimate of drug-likeness (QED) is 0.877. The van der Waals surface area contributed by atoms with Crippen molar-refractivity contribution in [3.05, 3.63) is 23.8 Å². The normalized spacial score (nSPS) is 30.3. The first-order valence-corrected chi connectivity index (χ1v) is 8.45. The molecule has 3 aliphatic rings. The van der Waals surface area contributed by atoms with Gasteiger partial charge in [0.1, 0.15) is 0 Å². The van der Waals surface area contributed by atoms with Crippen LogP contribution in [-0.4, -0.2) is 49.0 Å². The number of piperidine rings is 3. The third-order valence-electron chi connectivity index (χ3n) is 5.08. The van der Waals surface area contributed by atoms with Gasteiger partial charge in [0.15, 0.2) is 11.5 Å². The molecule has 4 rings (SSSR count). The number of aliphatic hydroxyl groups excluding tert-OH is 1. The molecule has 122 valence electrons. The second-order valence-electron chi connectivity index (χ2n) is 6.43. The molecule has 3 heterocycles. The van der Waals surface area contributed by atoms with Crippen LogP contribution in [0.4, 0.5) is 0 Å². The lowest BCUT2D eigenvalue weighted by molar-refractivity contribution is -0.0716. The molecule has 4 heteroatoms. The van der Waals surface area contributed by atoms with E-state index in [1.807, 2.05) is 12.1 Å². The molecular weight excluding hydrogens is 278 g/mol. The monoisotopic (exact) mass is 305 g/mol. The Kier molecular flexibility index (Phi) is 4.89. The van der Waals surface area contributed by atoms with E-state index in [0.29, 0.717) is 12.5 Å². The Morgan fingerprint density at radius 2 is 2.05 bits per heavy atom. The molecule has 0 amide bonds. The van der Waals surface area contributed by atoms with E-state index in [1.165, 1.54) is 0 Å². The van der Waals surface area contributed by atoms with Crippen LogP contribution < -0.4 is 9.47 Å². The first-order valence-electron chi connectivity index (χ1n) is 8.45. The van der Waals surface area contributed by atoms with Gasteiger partial charge in [-0.05, 0) is 56.3 Å². The zero-order valence-electron chi connectivity index (χ0n) is 13.6. The molecule has 3 saturated heterocycles. The topological polar surface area (TPSA) is 41.9 Å². The standard InChI is InChI=1S/C18H27NO3/c1-3-11-22-18-14(5-4-6-16(18)21-2)12-15-17(20)13-7-9-19(15)10-8-13/h4-6,13,15,17,20H,3,7-12H2,1-2H3. The van der Waals surface area contributed by atoms with Crippen LogP contribution in [-0.2, 0) is 6.42 Å². The fourth-order valence-corrected chi connectivity index (χ4v) is 3.85. The summed E-state index contributed by atoms with van der Waals surface area (Å²) in [7, 11) is 1.68.